The number of nitro groups is 1. The average Bonchev–Trinajstić information content (AvgIpc) is 2.37. The Hall–Kier alpha value is -2.19. The molecular formula is C12H10N2O3. The molecule has 0 fully saturated rings. The molecule has 1 aromatic carbocycles. The van der Waals surface area contributed by atoms with Gasteiger partial charge >= 0.3 is 0 Å². The van der Waals surface area contributed by atoms with Crippen molar-refractivity contribution in [2.75, 3.05) is 7.11 Å². The lowest BCUT2D eigenvalue weighted by Crippen LogP contribution is -2.30. The highest BCUT2D eigenvalue weighted by atomic mass is 16.6. The second-order valence-corrected chi connectivity index (χ2v) is 3.74. The molecule has 2 rings (SSSR count). The highest BCUT2D eigenvalue weighted by Gasteiger charge is 2.40. The largest absolute Gasteiger partial charge is 0.359 e. The van der Waals surface area contributed by atoms with Gasteiger partial charge in [0, 0.05) is 19.1 Å². The first-order valence-electron chi connectivity index (χ1n) is 5.05. The molecule has 0 saturated carbocycles. The zero-order valence-corrected chi connectivity index (χ0v) is 9.21. The highest BCUT2D eigenvalue weighted by Crippen LogP contribution is 2.39. The van der Waals surface area contributed by atoms with Crippen LogP contribution in [0.2, 0.25) is 0 Å². The number of fused-ring (bicyclic) bond motifs is 1. The second-order valence-electron chi connectivity index (χ2n) is 3.74. The molecule has 0 amide bonds. The van der Waals surface area contributed by atoms with Crippen molar-refractivity contribution >= 4 is 5.70 Å². The molecule has 1 unspecified atom stereocenters. The molecule has 0 radical (unpaired) electrons. The van der Waals surface area contributed by atoms with Crippen LogP contribution in [0.15, 0.2) is 30.3 Å². The number of hydrogen-bond acceptors (Lipinski definition) is 4. The number of benzene rings is 1. The fourth-order valence-electron chi connectivity index (χ4n) is 2.04. The molecule has 1 atom stereocenters. The fourth-order valence-corrected chi connectivity index (χ4v) is 2.04. The summed E-state index contributed by atoms with van der Waals surface area (Å²) in [4.78, 5) is 10.5. The Morgan fingerprint density at radius 1 is 1.53 bits per heavy atom. The molecule has 0 saturated heterocycles. The quantitative estimate of drug-likeness (QED) is 0.575. The van der Waals surface area contributed by atoms with E-state index in [4.69, 9.17) is 4.74 Å². The van der Waals surface area contributed by atoms with Gasteiger partial charge in [0.15, 0.2) is 5.60 Å². The maximum Gasteiger partial charge on any atom is 0.273 e. The Morgan fingerprint density at radius 3 is 2.82 bits per heavy atom. The predicted molar refractivity (Wildman–Crippen MR) is 60.3 cm³/mol. The van der Waals surface area contributed by atoms with Crippen molar-refractivity contribution < 1.29 is 9.66 Å². The van der Waals surface area contributed by atoms with Crippen molar-refractivity contribution in [1.29, 1.82) is 5.26 Å². The molecule has 0 N–H and O–H groups in total. The third-order valence-electron chi connectivity index (χ3n) is 2.95. The van der Waals surface area contributed by atoms with Gasteiger partial charge in [-0.3, -0.25) is 10.1 Å². The first-order chi connectivity index (χ1) is 8.14. The van der Waals surface area contributed by atoms with Crippen molar-refractivity contribution in [3.63, 3.8) is 0 Å². The maximum atomic E-state index is 10.9. The molecule has 0 heterocycles. The minimum atomic E-state index is -1.11. The van der Waals surface area contributed by atoms with Gasteiger partial charge in [-0.1, -0.05) is 18.2 Å². The number of hydrogen-bond donors (Lipinski definition) is 0. The molecule has 1 aliphatic rings. The smallest absolute Gasteiger partial charge is 0.273 e. The summed E-state index contributed by atoms with van der Waals surface area (Å²) in [5.41, 5.74) is -0.0781. The van der Waals surface area contributed by atoms with Crippen LogP contribution in [0.1, 0.15) is 17.5 Å². The van der Waals surface area contributed by atoms with Crippen LogP contribution in [0.4, 0.5) is 0 Å². The van der Waals surface area contributed by atoms with Crippen LogP contribution in [0.3, 0.4) is 0 Å². The van der Waals surface area contributed by atoms with Crippen LogP contribution in [0, 0.1) is 21.4 Å². The molecule has 5 nitrogen and oxygen atoms in total. The van der Waals surface area contributed by atoms with Crippen LogP contribution < -0.4 is 0 Å². The van der Waals surface area contributed by atoms with E-state index in [0.29, 0.717) is 11.1 Å². The van der Waals surface area contributed by atoms with Crippen molar-refractivity contribution in [3.8, 4) is 6.07 Å². The van der Waals surface area contributed by atoms with Crippen molar-refractivity contribution in [3.05, 3.63) is 51.6 Å². The van der Waals surface area contributed by atoms with Gasteiger partial charge in [0.2, 0.25) is 0 Å². The number of nitrogens with zero attached hydrogens (tertiary/aromatic N) is 2. The van der Waals surface area contributed by atoms with E-state index in [-0.39, 0.29) is 12.1 Å². The first-order valence-corrected chi connectivity index (χ1v) is 5.05. The summed E-state index contributed by atoms with van der Waals surface area (Å²) in [5, 5.41) is 20.2. The monoisotopic (exact) mass is 230 g/mol. The Labute approximate surface area is 98.1 Å². The maximum absolute atomic E-state index is 10.9. The molecule has 5 heteroatoms. The summed E-state index contributed by atoms with van der Waals surface area (Å²) >= 11 is 0. The van der Waals surface area contributed by atoms with Crippen molar-refractivity contribution in [2.45, 2.75) is 12.0 Å². The predicted octanol–water partition coefficient (Wildman–Crippen LogP) is 2.07. The molecular weight excluding hydrogens is 220 g/mol. The van der Waals surface area contributed by atoms with Gasteiger partial charge in [-0.25, -0.2) is 0 Å². The van der Waals surface area contributed by atoms with Gasteiger partial charge in [-0.05, 0) is 12.1 Å². The zero-order chi connectivity index (χ0) is 12.5. The van der Waals surface area contributed by atoms with Crippen LogP contribution >= 0.6 is 0 Å². The summed E-state index contributed by atoms with van der Waals surface area (Å²) in [6, 6.07) is 8.87. The fraction of sp³-hybridized carbons (Fsp3) is 0.250. The summed E-state index contributed by atoms with van der Waals surface area (Å²) in [7, 11) is 1.44. The van der Waals surface area contributed by atoms with Crippen LogP contribution in [-0.2, 0) is 10.3 Å². The van der Waals surface area contributed by atoms with Gasteiger partial charge in [-0.15, -0.1) is 0 Å². The van der Waals surface area contributed by atoms with Gasteiger partial charge in [0.05, 0.1) is 10.5 Å². The normalized spacial score (nSPS) is 22.2. The Balaban J connectivity index is 2.67. The third-order valence-corrected chi connectivity index (χ3v) is 2.95. The van der Waals surface area contributed by atoms with Gasteiger partial charge < -0.3 is 4.74 Å². The molecule has 0 aromatic heterocycles. The minimum absolute atomic E-state index is 0.0310. The number of ether oxygens (including phenoxy) is 1. The van der Waals surface area contributed by atoms with Crippen molar-refractivity contribution in [1.82, 2.24) is 0 Å². The van der Waals surface area contributed by atoms with E-state index in [9.17, 15) is 15.4 Å². The summed E-state index contributed by atoms with van der Waals surface area (Å²) in [6.45, 7) is 0. The lowest BCUT2D eigenvalue weighted by atomic mass is 9.82. The lowest BCUT2D eigenvalue weighted by molar-refractivity contribution is -0.376. The van der Waals surface area contributed by atoms with Crippen LogP contribution in [0.25, 0.3) is 5.70 Å². The molecule has 0 aliphatic heterocycles. The van der Waals surface area contributed by atoms with Gasteiger partial charge in [-0.2, -0.15) is 5.26 Å². The zero-order valence-electron chi connectivity index (χ0n) is 9.21. The molecule has 1 aliphatic carbocycles. The standard InChI is InChI=1S/C12H10N2O3/c1-17-12(8-13)7-6-11(14(15)16)9-4-2-3-5-10(9)12/h2-6H,7H2,1H3. The van der Waals surface area contributed by atoms with Crippen LogP contribution in [0.5, 0.6) is 0 Å². The minimum Gasteiger partial charge on any atom is -0.359 e. The Kier molecular flexibility index (Phi) is 2.66. The Morgan fingerprint density at radius 2 is 2.24 bits per heavy atom. The van der Waals surface area contributed by atoms with Crippen molar-refractivity contribution in [2.24, 2.45) is 0 Å². The van der Waals surface area contributed by atoms with E-state index in [0.717, 1.165) is 0 Å². The molecule has 0 bridgehead atoms. The van der Waals surface area contributed by atoms with Crippen LogP contribution in [-0.4, -0.2) is 12.0 Å². The highest BCUT2D eigenvalue weighted by molar-refractivity contribution is 5.67. The topological polar surface area (TPSA) is 76.2 Å². The molecule has 17 heavy (non-hydrogen) atoms. The summed E-state index contributed by atoms with van der Waals surface area (Å²) in [5.74, 6) is 0. The lowest BCUT2D eigenvalue weighted by Gasteiger charge is -2.28. The molecule has 0 spiro atoms. The number of rotatable bonds is 2. The SMILES string of the molecule is COC1(C#N)CC=C([N+](=O)[O-])c2ccccc21. The average molecular weight is 230 g/mol. The first kappa shape index (κ1) is 11.3. The van der Waals surface area contributed by atoms with E-state index >= 15 is 0 Å². The molecule has 86 valence electrons. The summed E-state index contributed by atoms with van der Waals surface area (Å²) in [6.07, 6.45) is 1.63. The van der Waals surface area contributed by atoms with E-state index in [1.807, 2.05) is 0 Å². The van der Waals surface area contributed by atoms with E-state index in [1.54, 1.807) is 24.3 Å². The van der Waals surface area contributed by atoms with Gasteiger partial charge in [0.1, 0.15) is 6.07 Å². The summed E-state index contributed by atoms with van der Waals surface area (Å²) < 4.78 is 5.25. The van der Waals surface area contributed by atoms with E-state index in [2.05, 4.69) is 6.07 Å². The van der Waals surface area contributed by atoms with E-state index in [1.165, 1.54) is 13.2 Å². The van der Waals surface area contributed by atoms with Gasteiger partial charge in [0.25, 0.3) is 5.70 Å². The van der Waals surface area contributed by atoms with E-state index < -0.39 is 10.5 Å². The second kappa shape index (κ2) is 4.00. The molecule has 1 aromatic rings. The number of methoxy groups -OCH3 is 1. The number of nitriles is 1. The Bertz CT molecular complexity index is 545. The third kappa shape index (κ3) is 1.59.